The Morgan fingerprint density at radius 3 is 1.66 bits per heavy atom. The van der Waals surface area contributed by atoms with E-state index in [2.05, 4.69) is 180 Å². The average Bonchev–Trinajstić information content (AvgIpc) is 3.56. The highest BCUT2D eigenvalue weighted by atomic mass is 16.5. The monoisotopic (exact) mass is 676 g/mol. The Morgan fingerprint density at radius 2 is 0.962 bits per heavy atom. The van der Waals surface area contributed by atoms with Gasteiger partial charge in [0.15, 0.2) is 0 Å². The van der Waals surface area contributed by atoms with Gasteiger partial charge >= 0.3 is 0 Å². The highest BCUT2D eigenvalue weighted by molar-refractivity contribution is 6.11. The molecule has 0 unspecified atom stereocenters. The molecule has 53 heavy (non-hydrogen) atoms. The molecule has 0 saturated heterocycles. The lowest BCUT2D eigenvalue weighted by molar-refractivity contribution is 0.434. The second-order valence-electron chi connectivity index (χ2n) is 13.6. The van der Waals surface area contributed by atoms with E-state index in [1.807, 2.05) is 24.3 Å². The van der Waals surface area contributed by atoms with Gasteiger partial charge in [-0.15, -0.1) is 0 Å². The summed E-state index contributed by atoms with van der Waals surface area (Å²) in [6.07, 6.45) is 0. The van der Waals surface area contributed by atoms with Crippen molar-refractivity contribution in [2.24, 2.45) is 0 Å². The van der Waals surface area contributed by atoms with Crippen molar-refractivity contribution in [2.45, 2.75) is 5.41 Å². The van der Waals surface area contributed by atoms with Gasteiger partial charge in [-0.1, -0.05) is 133 Å². The zero-order valence-electron chi connectivity index (χ0n) is 28.8. The smallest absolute Gasteiger partial charge is 0.132 e. The first-order chi connectivity index (χ1) is 26.2. The molecular weight excluding hydrogens is 645 g/mol. The molecular formula is C50H32N2O. The molecule has 1 aliphatic rings. The Bertz CT molecular complexity index is 2810. The summed E-state index contributed by atoms with van der Waals surface area (Å²) in [5.74, 6) is 1.70. The third-order valence-corrected chi connectivity index (χ3v) is 10.8. The van der Waals surface area contributed by atoms with Crippen LogP contribution in [0.4, 0.5) is 0 Å². The molecule has 0 aliphatic carbocycles. The SMILES string of the molecule is N#Cc1ccc2c(c1)c1cc(-c3ccc4c(c3)C(c3ccccc3)(c3ccccc3)c3ccccc3O4)ccc1n2-c1ccc(-c2ccccc2)cc1. The van der Waals surface area contributed by atoms with Crippen LogP contribution in [0.5, 0.6) is 11.5 Å². The van der Waals surface area contributed by atoms with Crippen LogP contribution < -0.4 is 4.74 Å². The minimum absolute atomic E-state index is 0.601. The number of ether oxygens (including phenoxy) is 1. The summed E-state index contributed by atoms with van der Waals surface area (Å²) in [5.41, 5.74) is 12.4. The molecule has 0 bridgehead atoms. The van der Waals surface area contributed by atoms with Crippen molar-refractivity contribution in [1.82, 2.24) is 4.57 Å². The average molecular weight is 677 g/mol. The molecule has 2 heterocycles. The minimum Gasteiger partial charge on any atom is -0.457 e. The number of hydrogen-bond acceptors (Lipinski definition) is 2. The van der Waals surface area contributed by atoms with Crippen LogP contribution in [-0.4, -0.2) is 4.57 Å². The summed E-state index contributed by atoms with van der Waals surface area (Å²) in [5, 5.41) is 12.1. The van der Waals surface area contributed by atoms with Gasteiger partial charge in [-0.2, -0.15) is 5.26 Å². The van der Waals surface area contributed by atoms with Crippen molar-refractivity contribution in [3.05, 3.63) is 222 Å². The predicted octanol–water partition coefficient (Wildman–Crippen LogP) is 12.5. The lowest BCUT2D eigenvalue weighted by Gasteiger charge is -2.41. The maximum absolute atomic E-state index is 9.92. The molecule has 0 spiro atoms. The number of nitriles is 1. The number of hydrogen-bond donors (Lipinski definition) is 0. The molecule has 1 aromatic heterocycles. The Morgan fingerprint density at radius 1 is 0.434 bits per heavy atom. The van der Waals surface area contributed by atoms with Crippen LogP contribution in [0.2, 0.25) is 0 Å². The van der Waals surface area contributed by atoms with Crippen molar-refractivity contribution in [1.29, 1.82) is 5.26 Å². The summed E-state index contributed by atoms with van der Waals surface area (Å²) in [4.78, 5) is 0. The molecule has 0 saturated carbocycles. The summed E-state index contributed by atoms with van der Waals surface area (Å²) < 4.78 is 8.98. The van der Waals surface area contributed by atoms with Crippen molar-refractivity contribution >= 4 is 21.8 Å². The number of benzene rings is 8. The van der Waals surface area contributed by atoms with Crippen molar-refractivity contribution < 1.29 is 4.74 Å². The number of aromatic nitrogens is 1. The molecule has 8 aromatic carbocycles. The highest BCUT2D eigenvalue weighted by Gasteiger charge is 2.45. The molecule has 3 heteroatoms. The molecule has 0 fully saturated rings. The van der Waals surface area contributed by atoms with Crippen molar-refractivity contribution in [2.75, 3.05) is 0 Å². The van der Waals surface area contributed by atoms with Gasteiger partial charge in [-0.25, -0.2) is 0 Å². The van der Waals surface area contributed by atoms with Gasteiger partial charge in [0.1, 0.15) is 11.5 Å². The Hall–Kier alpha value is -7.15. The lowest BCUT2D eigenvalue weighted by Crippen LogP contribution is -2.34. The van der Waals surface area contributed by atoms with E-state index in [9.17, 15) is 5.26 Å². The van der Waals surface area contributed by atoms with Crippen LogP contribution >= 0.6 is 0 Å². The van der Waals surface area contributed by atoms with Gasteiger partial charge in [-0.05, 0) is 94.0 Å². The van der Waals surface area contributed by atoms with Gasteiger partial charge in [0.2, 0.25) is 0 Å². The summed E-state index contributed by atoms with van der Waals surface area (Å²) in [7, 11) is 0. The fourth-order valence-electron chi connectivity index (χ4n) is 8.37. The quantitative estimate of drug-likeness (QED) is 0.182. The maximum atomic E-state index is 9.92. The van der Waals surface area contributed by atoms with Gasteiger partial charge in [-0.3, -0.25) is 0 Å². The first kappa shape index (κ1) is 30.7. The Balaban J connectivity index is 1.18. The zero-order chi connectivity index (χ0) is 35.4. The summed E-state index contributed by atoms with van der Waals surface area (Å²) in [6, 6.07) is 70.8. The zero-order valence-corrected chi connectivity index (χ0v) is 28.8. The van der Waals surface area contributed by atoms with Gasteiger partial charge < -0.3 is 9.30 Å². The molecule has 0 N–H and O–H groups in total. The normalized spacial score (nSPS) is 12.8. The molecule has 3 nitrogen and oxygen atoms in total. The van der Waals surface area contributed by atoms with E-state index in [1.54, 1.807) is 0 Å². The van der Waals surface area contributed by atoms with Crippen LogP contribution in [0.25, 0.3) is 49.7 Å². The van der Waals surface area contributed by atoms with Crippen LogP contribution in [0, 0.1) is 11.3 Å². The number of rotatable bonds is 5. The largest absolute Gasteiger partial charge is 0.457 e. The van der Waals surface area contributed by atoms with Gasteiger partial charge in [0, 0.05) is 27.6 Å². The number of nitrogens with zero attached hydrogens (tertiary/aromatic N) is 2. The Labute approximate surface area is 308 Å². The van der Waals surface area contributed by atoms with E-state index < -0.39 is 5.41 Å². The van der Waals surface area contributed by atoms with Crippen molar-refractivity contribution in [3.8, 4) is 45.5 Å². The number of para-hydroxylation sites is 1. The first-order valence-electron chi connectivity index (χ1n) is 17.9. The fourth-order valence-corrected chi connectivity index (χ4v) is 8.37. The second kappa shape index (κ2) is 12.3. The summed E-state index contributed by atoms with van der Waals surface area (Å²) >= 11 is 0. The predicted molar refractivity (Wildman–Crippen MR) is 215 cm³/mol. The Kier molecular flexibility index (Phi) is 7.09. The van der Waals surface area contributed by atoms with Gasteiger partial charge in [0.05, 0.1) is 28.1 Å². The third-order valence-electron chi connectivity index (χ3n) is 10.8. The molecule has 0 atom stereocenters. The third kappa shape index (κ3) is 4.81. The van der Waals surface area contributed by atoms with E-state index in [4.69, 9.17) is 4.74 Å². The van der Waals surface area contributed by atoms with E-state index >= 15 is 0 Å². The number of fused-ring (bicyclic) bond motifs is 5. The van der Waals surface area contributed by atoms with Crippen molar-refractivity contribution in [3.63, 3.8) is 0 Å². The molecule has 10 rings (SSSR count). The topological polar surface area (TPSA) is 37.9 Å². The van der Waals surface area contributed by atoms with Crippen LogP contribution in [0.15, 0.2) is 194 Å². The molecule has 1 aliphatic heterocycles. The van der Waals surface area contributed by atoms with E-state index in [-0.39, 0.29) is 0 Å². The molecule has 0 amide bonds. The summed E-state index contributed by atoms with van der Waals surface area (Å²) in [6.45, 7) is 0. The van der Waals surface area contributed by atoms with E-state index in [0.29, 0.717) is 5.56 Å². The minimum atomic E-state index is -0.601. The molecule has 0 radical (unpaired) electrons. The molecule has 9 aromatic rings. The van der Waals surface area contributed by atoms with Crippen LogP contribution in [0.1, 0.15) is 27.8 Å². The van der Waals surface area contributed by atoms with E-state index in [1.165, 1.54) is 22.3 Å². The highest BCUT2D eigenvalue weighted by Crippen LogP contribution is 2.56. The first-order valence-corrected chi connectivity index (χ1v) is 17.9. The standard InChI is InChI=1S/C50H32N2O/c51-33-34-20-27-46-42(30-34)43-31-37(23-28-47(43)52(46)41-25-21-36(22-26-41)35-12-4-1-5-13-35)38-24-29-49-45(32-38)50(39-14-6-2-7-15-39,40-16-8-3-9-17-40)44-18-10-11-19-48(44)53-49/h1-32H. The van der Waals surface area contributed by atoms with Crippen LogP contribution in [-0.2, 0) is 5.41 Å². The van der Waals surface area contributed by atoms with Crippen LogP contribution in [0.3, 0.4) is 0 Å². The lowest BCUT2D eigenvalue weighted by atomic mass is 9.63. The van der Waals surface area contributed by atoms with E-state index in [0.717, 1.165) is 61.2 Å². The van der Waals surface area contributed by atoms with Gasteiger partial charge in [0.25, 0.3) is 0 Å². The molecule has 248 valence electrons. The fraction of sp³-hybridized carbons (Fsp3) is 0.0200. The maximum Gasteiger partial charge on any atom is 0.132 e. The second-order valence-corrected chi connectivity index (χ2v) is 13.6.